The van der Waals surface area contributed by atoms with E-state index >= 15 is 0 Å². The number of nitrogens with one attached hydrogen (secondary N) is 2. The van der Waals surface area contributed by atoms with Crippen LogP contribution in [-0.4, -0.2) is 38.6 Å². The summed E-state index contributed by atoms with van der Waals surface area (Å²) in [6, 6.07) is 1.48. The van der Waals surface area contributed by atoms with Crippen LogP contribution in [-0.2, 0) is 14.8 Å². The minimum absolute atomic E-state index is 0.102. The zero-order valence-electron chi connectivity index (χ0n) is 10.8. The normalized spacial score (nSPS) is 23.0. The number of carboxylic acid groups (broad SMARTS) is 1. The molecular formula is C12H14F2N2O4S. The molecule has 0 spiro atoms. The van der Waals surface area contributed by atoms with Gasteiger partial charge in [0.15, 0.2) is 0 Å². The van der Waals surface area contributed by atoms with E-state index in [1.54, 1.807) is 0 Å². The highest BCUT2D eigenvalue weighted by Gasteiger charge is 2.30. The Labute approximate surface area is 120 Å². The summed E-state index contributed by atoms with van der Waals surface area (Å²) in [7, 11) is -4.18. The minimum Gasteiger partial charge on any atom is -0.481 e. The highest BCUT2D eigenvalue weighted by molar-refractivity contribution is 7.89. The van der Waals surface area contributed by atoms with Crippen LogP contribution in [0.5, 0.6) is 0 Å². The number of hydrogen-bond acceptors (Lipinski definition) is 4. The lowest BCUT2D eigenvalue weighted by molar-refractivity contribution is -0.142. The molecule has 0 amide bonds. The average Bonchev–Trinajstić information content (AvgIpc) is 2.37. The molecule has 3 N–H and O–H groups in total. The molecule has 2 rings (SSSR count). The Kier molecular flexibility index (Phi) is 4.55. The summed E-state index contributed by atoms with van der Waals surface area (Å²) in [5.74, 6) is -3.82. The van der Waals surface area contributed by atoms with Crippen molar-refractivity contribution in [1.29, 1.82) is 0 Å². The fraction of sp³-hybridized carbons (Fsp3) is 0.417. The first kappa shape index (κ1) is 15.8. The number of halogens is 2. The molecule has 0 aliphatic carbocycles. The first-order valence-electron chi connectivity index (χ1n) is 6.20. The van der Waals surface area contributed by atoms with E-state index in [9.17, 15) is 22.0 Å². The third-order valence-corrected chi connectivity index (χ3v) is 4.76. The van der Waals surface area contributed by atoms with Crippen LogP contribution in [0.15, 0.2) is 23.1 Å². The Bertz CT molecular complexity index is 651. The molecule has 6 nitrogen and oxygen atoms in total. The maximum Gasteiger partial charge on any atom is 0.307 e. The Morgan fingerprint density at radius 1 is 1.33 bits per heavy atom. The molecule has 0 bridgehead atoms. The summed E-state index contributed by atoms with van der Waals surface area (Å²) in [6.07, 6.45) is 0.102. The smallest absolute Gasteiger partial charge is 0.307 e. The van der Waals surface area contributed by atoms with Crippen molar-refractivity contribution in [1.82, 2.24) is 10.0 Å². The van der Waals surface area contributed by atoms with Gasteiger partial charge < -0.3 is 10.4 Å². The summed E-state index contributed by atoms with van der Waals surface area (Å²) in [5.41, 5.74) is 0. The molecule has 1 aliphatic rings. The zero-order chi connectivity index (χ0) is 15.6. The molecule has 1 aromatic carbocycles. The number of rotatable bonds is 4. The lowest BCUT2D eigenvalue weighted by Crippen LogP contribution is -2.50. The second-order valence-corrected chi connectivity index (χ2v) is 6.50. The molecule has 1 aromatic rings. The van der Waals surface area contributed by atoms with E-state index in [4.69, 9.17) is 5.11 Å². The molecule has 1 aliphatic heterocycles. The van der Waals surface area contributed by atoms with Crippen LogP contribution in [0.4, 0.5) is 8.78 Å². The third-order valence-electron chi connectivity index (χ3n) is 3.21. The molecule has 0 saturated carbocycles. The molecular weight excluding hydrogens is 306 g/mol. The molecule has 116 valence electrons. The zero-order valence-corrected chi connectivity index (χ0v) is 11.7. The van der Waals surface area contributed by atoms with Crippen LogP contribution in [0.1, 0.15) is 6.42 Å². The Hall–Kier alpha value is -1.58. The summed E-state index contributed by atoms with van der Waals surface area (Å²) >= 11 is 0. The Morgan fingerprint density at radius 3 is 2.67 bits per heavy atom. The van der Waals surface area contributed by atoms with Gasteiger partial charge in [-0.2, -0.15) is 0 Å². The maximum atomic E-state index is 13.5. The predicted molar refractivity (Wildman–Crippen MR) is 69.1 cm³/mol. The van der Waals surface area contributed by atoms with Crippen LogP contribution >= 0.6 is 0 Å². The number of carbonyl (C=O) groups is 1. The van der Waals surface area contributed by atoms with Crippen molar-refractivity contribution in [3.05, 3.63) is 29.8 Å². The van der Waals surface area contributed by atoms with Gasteiger partial charge in [0.25, 0.3) is 0 Å². The van der Waals surface area contributed by atoms with Gasteiger partial charge in [-0.05, 0) is 18.6 Å². The standard InChI is InChI=1S/C12H14F2N2O4S/c13-8-1-2-11(10(14)4-8)21(19,20)16-9-3-7(12(17)18)5-15-6-9/h1-2,4,7,9,15-16H,3,5-6H2,(H,17,18)/t7-,9+/m0/s1. The highest BCUT2D eigenvalue weighted by Crippen LogP contribution is 2.18. The molecule has 0 unspecified atom stereocenters. The van der Waals surface area contributed by atoms with Gasteiger partial charge in [-0.3, -0.25) is 4.79 Å². The van der Waals surface area contributed by atoms with E-state index in [1.807, 2.05) is 0 Å². The lowest BCUT2D eigenvalue weighted by atomic mass is 9.97. The van der Waals surface area contributed by atoms with Gasteiger partial charge in [0.05, 0.1) is 5.92 Å². The van der Waals surface area contributed by atoms with Crippen LogP contribution in [0.25, 0.3) is 0 Å². The van der Waals surface area contributed by atoms with E-state index in [1.165, 1.54) is 0 Å². The Balaban J connectivity index is 2.15. The van der Waals surface area contributed by atoms with E-state index in [-0.39, 0.29) is 19.5 Å². The van der Waals surface area contributed by atoms with Gasteiger partial charge in [0.2, 0.25) is 10.0 Å². The van der Waals surface area contributed by atoms with Crippen LogP contribution in [0.3, 0.4) is 0 Å². The summed E-state index contributed by atoms with van der Waals surface area (Å²) in [5, 5.41) is 11.7. The second-order valence-electron chi connectivity index (χ2n) is 4.82. The molecule has 0 radical (unpaired) electrons. The van der Waals surface area contributed by atoms with Crippen LogP contribution < -0.4 is 10.0 Å². The molecule has 1 saturated heterocycles. The number of sulfonamides is 1. The second kappa shape index (κ2) is 6.04. The molecule has 9 heteroatoms. The average molecular weight is 320 g/mol. The lowest BCUT2D eigenvalue weighted by Gasteiger charge is -2.28. The van der Waals surface area contributed by atoms with Gasteiger partial charge in [-0.15, -0.1) is 0 Å². The van der Waals surface area contributed by atoms with Crippen molar-refractivity contribution in [2.24, 2.45) is 5.92 Å². The van der Waals surface area contributed by atoms with Gasteiger partial charge in [0.1, 0.15) is 16.5 Å². The van der Waals surface area contributed by atoms with Crippen LogP contribution in [0, 0.1) is 17.6 Å². The van der Waals surface area contributed by atoms with E-state index in [0.717, 1.165) is 12.1 Å². The first-order valence-corrected chi connectivity index (χ1v) is 7.69. The van der Waals surface area contributed by atoms with Gasteiger partial charge >= 0.3 is 5.97 Å². The SMILES string of the molecule is O=C(O)[C@@H]1CNC[C@H](NS(=O)(=O)c2ccc(F)cc2F)C1. The van der Waals surface area contributed by atoms with Crippen LogP contribution in [0.2, 0.25) is 0 Å². The van der Waals surface area contributed by atoms with Crippen molar-refractivity contribution >= 4 is 16.0 Å². The van der Waals surface area contributed by atoms with Crippen molar-refractivity contribution in [3.63, 3.8) is 0 Å². The molecule has 1 heterocycles. The summed E-state index contributed by atoms with van der Waals surface area (Å²) in [4.78, 5) is 10.2. The van der Waals surface area contributed by atoms with Gasteiger partial charge in [0, 0.05) is 25.2 Å². The van der Waals surface area contributed by atoms with E-state index in [0.29, 0.717) is 6.07 Å². The van der Waals surface area contributed by atoms with Crippen molar-refractivity contribution in [3.8, 4) is 0 Å². The molecule has 1 fully saturated rings. The Morgan fingerprint density at radius 2 is 2.05 bits per heavy atom. The van der Waals surface area contributed by atoms with E-state index < -0.39 is 44.5 Å². The van der Waals surface area contributed by atoms with Crippen molar-refractivity contribution < 1.29 is 27.1 Å². The topological polar surface area (TPSA) is 95.5 Å². The summed E-state index contributed by atoms with van der Waals surface area (Å²) < 4.78 is 52.7. The van der Waals surface area contributed by atoms with Gasteiger partial charge in [-0.25, -0.2) is 21.9 Å². The highest BCUT2D eigenvalue weighted by atomic mass is 32.2. The molecule has 2 atom stereocenters. The number of benzene rings is 1. The molecule has 0 aromatic heterocycles. The largest absolute Gasteiger partial charge is 0.481 e. The third kappa shape index (κ3) is 3.74. The number of aliphatic carboxylic acids is 1. The fourth-order valence-electron chi connectivity index (χ4n) is 2.20. The first-order chi connectivity index (χ1) is 9.79. The minimum atomic E-state index is -4.18. The maximum absolute atomic E-state index is 13.5. The fourth-order valence-corrected chi connectivity index (χ4v) is 3.50. The predicted octanol–water partition coefficient (Wildman–Crippen LogP) is 0.306. The quantitative estimate of drug-likeness (QED) is 0.742. The van der Waals surface area contributed by atoms with E-state index in [2.05, 4.69) is 10.0 Å². The number of hydrogen-bond donors (Lipinski definition) is 3. The number of piperidine rings is 1. The molecule has 21 heavy (non-hydrogen) atoms. The monoisotopic (exact) mass is 320 g/mol. The van der Waals surface area contributed by atoms with Crippen molar-refractivity contribution in [2.45, 2.75) is 17.4 Å². The summed E-state index contributed by atoms with van der Waals surface area (Å²) in [6.45, 7) is 0.490. The van der Waals surface area contributed by atoms with Crippen molar-refractivity contribution in [2.75, 3.05) is 13.1 Å². The van der Waals surface area contributed by atoms with Gasteiger partial charge in [-0.1, -0.05) is 0 Å². The number of carboxylic acids is 1.